The van der Waals surface area contributed by atoms with Crippen molar-refractivity contribution in [2.24, 2.45) is 0 Å². The summed E-state index contributed by atoms with van der Waals surface area (Å²) in [7, 11) is -3.46. The molecule has 0 saturated heterocycles. The Labute approximate surface area is 170 Å². The first kappa shape index (κ1) is 20.5. The molecule has 1 aliphatic heterocycles. The summed E-state index contributed by atoms with van der Waals surface area (Å²) in [5, 5.41) is 6.74. The van der Waals surface area contributed by atoms with E-state index in [0.29, 0.717) is 37.3 Å². The Hall–Kier alpha value is -2.79. The van der Waals surface area contributed by atoms with E-state index in [1.807, 2.05) is 0 Å². The fourth-order valence-corrected chi connectivity index (χ4v) is 3.94. The summed E-state index contributed by atoms with van der Waals surface area (Å²) >= 11 is 0. The average molecular weight is 437 g/mol. The van der Waals surface area contributed by atoms with E-state index in [0.717, 1.165) is 35.2 Å². The number of aromatic nitrogens is 4. The second-order valence-electron chi connectivity index (χ2n) is 7.20. The van der Waals surface area contributed by atoms with Crippen LogP contribution in [0.15, 0.2) is 41.8 Å². The van der Waals surface area contributed by atoms with Crippen LogP contribution in [0.4, 0.5) is 13.2 Å². The summed E-state index contributed by atoms with van der Waals surface area (Å²) in [5.74, 6) is 0. The number of benzene rings is 1. The highest BCUT2D eigenvalue weighted by Gasteiger charge is 2.30. The molecule has 11 heteroatoms. The lowest BCUT2D eigenvalue weighted by Gasteiger charge is -2.27. The van der Waals surface area contributed by atoms with Crippen molar-refractivity contribution < 1.29 is 21.6 Å². The largest absolute Gasteiger partial charge is 0.416 e. The van der Waals surface area contributed by atoms with Crippen LogP contribution >= 0.6 is 0 Å². The highest BCUT2D eigenvalue weighted by Crippen LogP contribution is 2.31. The zero-order valence-corrected chi connectivity index (χ0v) is 16.8. The van der Waals surface area contributed by atoms with Gasteiger partial charge in [0.2, 0.25) is 15.0 Å². The van der Waals surface area contributed by atoms with E-state index < -0.39 is 21.6 Å². The molecule has 158 valence electrons. The topological polar surface area (TPSA) is 91.8 Å². The minimum absolute atomic E-state index is 0.172. The molecular weight excluding hydrogens is 419 g/mol. The lowest BCUT2D eigenvalue weighted by molar-refractivity contribution is -0.137. The fourth-order valence-electron chi connectivity index (χ4n) is 3.42. The third-order valence-corrected chi connectivity index (χ3v) is 5.80. The van der Waals surface area contributed by atoms with Crippen LogP contribution < -0.4 is 0 Å². The van der Waals surface area contributed by atoms with Gasteiger partial charge in [-0.15, -0.1) is 0 Å². The number of H-pyrrole nitrogens is 1. The number of aromatic amines is 1. The van der Waals surface area contributed by atoms with Crippen molar-refractivity contribution in [3.8, 4) is 11.3 Å². The Kier molecular flexibility index (Phi) is 5.10. The number of hydrogen-bond acceptors (Lipinski definition) is 6. The van der Waals surface area contributed by atoms with Crippen LogP contribution in [0.5, 0.6) is 0 Å². The zero-order chi connectivity index (χ0) is 21.5. The number of fused-ring (bicyclic) bond motifs is 1. The van der Waals surface area contributed by atoms with Crippen LogP contribution in [0, 0.1) is 0 Å². The number of nitrogens with one attached hydrogen (secondary N) is 1. The van der Waals surface area contributed by atoms with Crippen LogP contribution in [-0.2, 0) is 35.5 Å². The molecule has 1 aliphatic rings. The first-order chi connectivity index (χ1) is 14.1. The van der Waals surface area contributed by atoms with E-state index in [-0.39, 0.29) is 5.16 Å². The number of nitrogens with zero attached hydrogens (tertiary/aromatic N) is 4. The molecule has 0 amide bonds. The molecule has 0 atom stereocenters. The quantitative estimate of drug-likeness (QED) is 0.631. The second kappa shape index (κ2) is 7.47. The standard InChI is InChI=1S/C19H18F3N5O2S/c1-30(28,29)18-23-8-13-10-27(7-6-16(13)25-18)11-14-9-24-26-17(14)12-2-4-15(5-3-12)19(20,21)22/h2-5,8-9H,6-7,10-11H2,1H3,(H,24,26). The van der Waals surface area contributed by atoms with Crippen molar-refractivity contribution in [2.75, 3.05) is 12.8 Å². The molecule has 0 radical (unpaired) electrons. The Balaban J connectivity index is 1.51. The van der Waals surface area contributed by atoms with E-state index in [1.54, 1.807) is 6.20 Å². The molecule has 3 aromatic rings. The van der Waals surface area contributed by atoms with Gasteiger partial charge in [0.15, 0.2) is 0 Å². The summed E-state index contributed by atoms with van der Waals surface area (Å²) in [6.07, 6.45) is 0.470. The molecule has 7 nitrogen and oxygen atoms in total. The van der Waals surface area contributed by atoms with Crippen LogP contribution in [-0.4, -0.2) is 46.3 Å². The summed E-state index contributed by atoms with van der Waals surface area (Å²) in [5.41, 5.74) is 3.01. The van der Waals surface area contributed by atoms with E-state index in [2.05, 4.69) is 25.1 Å². The Morgan fingerprint density at radius 2 is 1.90 bits per heavy atom. The second-order valence-corrected chi connectivity index (χ2v) is 9.11. The molecule has 0 bridgehead atoms. The predicted octanol–water partition coefficient (Wildman–Crippen LogP) is 2.85. The third-order valence-electron chi connectivity index (χ3n) is 4.94. The normalized spacial score (nSPS) is 15.2. The first-order valence-corrected chi connectivity index (χ1v) is 11.0. The van der Waals surface area contributed by atoms with E-state index >= 15 is 0 Å². The molecule has 3 heterocycles. The maximum Gasteiger partial charge on any atom is 0.416 e. The zero-order valence-electron chi connectivity index (χ0n) is 15.9. The van der Waals surface area contributed by atoms with Crippen LogP contribution in [0.3, 0.4) is 0 Å². The van der Waals surface area contributed by atoms with Gasteiger partial charge >= 0.3 is 6.18 Å². The van der Waals surface area contributed by atoms with Gasteiger partial charge < -0.3 is 0 Å². The number of rotatable bonds is 4. The molecule has 0 unspecified atom stereocenters. The number of sulfone groups is 1. The van der Waals surface area contributed by atoms with Crippen molar-refractivity contribution in [1.29, 1.82) is 0 Å². The lowest BCUT2D eigenvalue weighted by Crippen LogP contribution is -2.31. The number of hydrogen-bond donors (Lipinski definition) is 1. The first-order valence-electron chi connectivity index (χ1n) is 9.08. The molecule has 0 spiro atoms. The third kappa shape index (κ3) is 4.21. The fraction of sp³-hybridized carbons (Fsp3) is 0.316. The highest BCUT2D eigenvalue weighted by molar-refractivity contribution is 7.90. The van der Waals surface area contributed by atoms with Crippen molar-refractivity contribution >= 4 is 9.84 Å². The summed E-state index contributed by atoms with van der Waals surface area (Å²) in [4.78, 5) is 10.3. The van der Waals surface area contributed by atoms with E-state index in [4.69, 9.17) is 0 Å². The smallest absolute Gasteiger partial charge is 0.294 e. The molecule has 0 aliphatic carbocycles. The molecule has 2 aromatic heterocycles. The monoisotopic (exact) mass is 437 g/mol. The maximum absolute atomic E-state index is 12.8. The summed E-state index contributed by atoms with van der Waals surface area (Å²) in [6.45, 7) is 1.72. The van der Waals surface area contributed by atoms with E-state index in [9.17, 15) is 21.6 Å². The van der Waals surface area contributed by atoms with Gasteiger partial charge in [-0.1, -0.05) is 12.1 Å². The summed E-state index contributed by atoms with van der Waals surface area (Å²) in [6, 6.07) is 4.94. The highest BCUT2D eigenvalue weighted by atomic mass is 32.2. The predicted molar refractivity (Wildman–Crippen MR) is 102 cm³/mol. The van der Waals surface area contributed by atoms with Crippen LogP contribution in [0.2, 0.25) is 0 Å². The Morgan fingerprint density at radius 3 is 2.57 bits per heavy atom. The average Bonchev–Trinajstić information content (AvgIpc) is 3.14. The molecule has 1 aromatic carbocycles. The van der Waals surface area contributed by atoms with Gasteiger partial charge in [0.25, 0.3) is 0 Å². The SMILES string of the molecule is CS(=O)(=O)c1ncc2c(n1)CCN(Cc1cn[nH]c1-c1ccc(C(F)(F)F)cc1)C2. The Morgan fingerprint density at radius 1 is 1.17 bits per heavy atom. The maximum atomic E-state index is 12.8. The van der Waals surface area contributed by atoms with Gasteiger partial charge in [0, 0.05) is 49.6 Å². The molecular formula is C19H18F3N5O2S. The van der Waals surface area contributed by atoms with Gasteiger partial charge in [0.1, 0.15) is 0 Å². The lowest BCUT2D eigenvalue weighted by atomic mass is 10.0. The van der Waals surface area contributed by atoms with Gasteiger partial charge in [-0.25, -0.2) is 18.4 Å². The molecule has 30 heavy (non-hydrogen) atoms. The molecule has 0 fully saturated rings. The van der Waals surface area contributed by atoms with Gasteiger partial charge in [-0.2, -0.15) is 18.3 Å². The van der Waals surface area contributed by atoms with Crippen molar-refractivity contribution in [3.05, 3.63) is 59.0 Å². The van der Waals surface area contributed by atoms with Gasteiger partial charge in [-0.05, 0) is 17.7 Å². The van der Waals surface area contributed by atoms with Crippen molar-refractivity contribution in [3.63, 3.8) is 0 Å². The van der Waals surface area contributed by atoms with Crippen LogP contribution in [0.25, 0.3) is 11.3 Å². The number of alkyl halides is 3. The molecule has 4 rings (SSSR count). The van der Waals surface area contributed by atoms with Gasteiger partial charge in [0.05, 0.1) is 23.1 Å². The minimum atomic E-state index is -4.38. The van der Waals surface area contributed by atoms with Gasteiger partial charge in [-0.3, -0.25) is 10.00 Å². The van der Waals surface area contributed by atoms with E-state index in [1.165, 1.54) is 18.3 Å². The van der Waals surface area contributed by atoms with Crippen molar-refractivity contribution in [2.45, 2.75) is 30.8 Å². The van der Waals surface area contributed by atoms with Crippen LogP contribution in [0.1, 0.15) is 22.4 Å². The number of halogens is 3. The summed E-state index contributed by atoms with van der Waals surface area (Å²) < 4.78 is 61.6. The van der Waals surface area contributed by atoms with Crippen molar-refractivity contribution in [1.82, 2.24) is 25.1 Å². The minimum Gasteiger partial charge on any atom is -0.294 e. The Bertz CT molecular complexity index is 1170. The molecule has 1 N–H and O–H groups in total. The molecule has 0 saturated carbocycles.